The highest BCUT2D eigenvalue weighted by molar-refractivity contribution is 6.33. The van der Waals surface area contributed by atoms with Crippen LogP contribution >= 0.6 is 23.2 Å². The molecule has 0 aliphatic rings. The van der Waals surface area contributed by atoms with E-state index < -0.39 is 17.3 Å². The molecule has 0 radical (unpaired) electrons. The molecule has 2 aromatic heterocycles. The molecule has 5 aromatic rings. The highest BCUT2D eigenvalue weighted by atomic mass is 35.5. The largest absolute Gasteiger partial charge is 0.396 e. The van der Waals surface area contributed by atoms with E-state index in [9.17, 15) is 14.4 Å². The lowest BCUT2D eigenvalue weighted by Crippen LogP contribution is -2.40. The Kier molecular flexibility index (Phi) is 7.76. The van der Waals surface area contributed by atoms with Crippen LogP contribution in [0.1, 0.15) is 41.7 Å². The molecule has 3 aromatic carbocycles. The standard InChI is InChI=1S/C30H26Cl2N4O4/c1-18(19-9-11-20(12-10-19)25(38)8-5-17-37)35-28-26(29(39)34(2)30(35)40)36(22-15-13-21(31)14-16-22)27(33-28)23-6-3-4-7-24(23)32/h3-4,6-7,9-16,18,37H,5,8,17H2,1-2H3. The summed E-state index contributed by atoms with van der Waals surface area (Å²) in [5.74, 6) is 0.331. The van der Waals surface area contributed by atoms with E-state index in [1.54, 1.807) is 71.3 Å². The Labute approximate surface area is 239 Å². The van der Waals surface area contributed by atoms with Gasteiger partial charge in [-0.1, -0.05) is 59.6 Å². The summed E-state index contributed by atoms with van der Waals surface area (Å²) < 4.78 is 4.24. The molecular formula is C30H26Cl2N4O4. The fraction of sp³-hybridized carbons (Fsp3) is 0.200. The molecule has 1 unspecified atom stereocenters. The van der Waals surface area contributed by atoms with Crippen molar-refractivity contribution in [1.82, 2.24) is 18.7 Å². The number of carbonyl (C=O) groups is 1. The summed E-state index contributed by atoms with van der Waals surface area (Å²) >= 11 is 12.7. The number of imidazole rings is 1. The molecule has 204 valence electrons. The predicted molar refractivity (Wildman–Crippen MR) is 157 cm³/mol. The van der Waals surface area contributed by atoms with E-state index in [0.29, 0.717) is 39.1 Å². The number of aromatic nitrogens is 4. The molecule has 8 nitrogen and oxygen atoms in total. The van der Waals surface area contributed by atoms with Crippen molar-refractivity contribution in [1.29, 1.82) is 0 Å². The quantitative estimate of drug-likeness (QED) is 0.248. The summed E-state index contributed by atoms with van der Waals surface area (Å²) in [4.78, 5) is 44.4. The molecule has 0 fully saturated rings. The van der Waals surface area contributed by atoms with Crippen molar-refractivity contribution < 1.29 is 9.90 Å². The van der Waals surface area contributed by atoms with Crippen LogP contribution in [0.15, 0.2) is 82.4 Å². The Morgan fingerprint density at radius 2 is 1.65 bits per heavy atom. The minimum absolute atomic E-state index is 0.0502. The van der Waals surface area contributed by atoms with Gasteiger partial charge in [-0.15, -0.1) is 0 Å². The van der Waals surface area contributed by atoms with Gasteiger partial charge in [-0.3, -0.25) is 23.3 Å². The second-order valence-corrected chi connectivity index (χ2v) is 10.3. The smallest absolute Gasteiger partial charge is 0.333 e. The number of hydrogen-bond acceptors (Lipinski definition) is 5. The molecule has 0 bridgehead atoms. The van der Waals surface area contributed by atoms with Crippen LogP contribution < -0.4 is 11.2 Å². The first kappa shape index (κ1) is 27.6. The minimum atomic E-state index is -0.531. The maximum atomic E-state index is 13.6. The van der Waals surface area contributed by atoms with Crippen LogP contribution in [0.4, 0.5) is 0 Å². The van der Waals surface area contributed by atoms with Gasteiger partial charge in [0.15, 0.2) is 16.9 Å². The lowest BCUT2D eigenvalue weighted by Gasteiger charge is -2.18. The van der Waals surface area contributed by atoms with Crippen molar-refractivity contribution >= 4 is 40.1 Å². The Hall–Kier alpha value is -3.98. The number of hydrogen-bond donors (Lipinski definition) is 1. The van der Waals surface area contributed by atoms with E-state index >= 15 is 0 Å². The zero-order valence-corrected chi connectivity index (χ0v) is 23.4. The molecule has 0 aliphatic carbocycles. The molecule has 0 spiro atoms. The minimum Gasteiger partial charge on any atom is -0.396 e. The summed E-state index contributed by atoms with van der Waals surface area (Å²) in [7, 11) is 1.44. The van der Waals surface area contributed by atoms with Crippen molar-refractivity contribution in [3.05, 3.63) is 115 Å². The van der Waals surface area contributed by atoms with E-state index in [1.165, 1.54) is 11.6 Å². The molecule has 0 saturated heterocycles. The molecule has 0 saturated carbocycles. The Morgan fingerprint density at radius 1 is 0.975 bits per heavy atom. The van der Waals surface area contributed by atoms with Crippen LogP contribution in [0.3, 0.4) is 0 Å². The summed E-state index contributed by atoms with van der Waals surface area (Å²) in [5, 5.41) is 9.99. The van der Waals surface area contributed by atoms with E-state index in [0.717, 1.165) is 10.1 Å². The molecule has 2 heterocycles. The third-order valence-corrected chi connectivity index (χ3v) is 7.53. The molecule has 10 heteroatoms. The first-order valence-corrected chi connectivity index (χ1v) is 13.5. The fourth-order valence-electron chi connectivity index (χ4n) is 4.76. The second-order valence-electron chi connectivity index (χ2n) is 9.46. The van der Waals surface area contributed by atoms with Crippen LogP contribution in [0.25, 0.3) is 28.2 Å². The summed E-state index contributed by atoms with van der Waals surface area (Å²) in [6, 6.07) is 20.6. The first-order chi connectivity index (χ1) is 19.2. The van der Waals surface area contributed by atoms with E-state index in [4.69, 9.17) is 33.3 Å². The van der Waals surface area contributed by atoms with Crippen molar-refractivity contribution in [3.63, 3.8) is 0 Å². The predicted octanol–water partition coefficient (Wildman–Crippen LogP) is 5.42. The number of rotatable bonds is 8. The van der Waals surface area contributed by atoms with Gasteiger partial charge in [0.05, 0.1) is 11.1 Å². The van der Waals surface area contributed by atoms with E-state index in [1.807, 2.05) is 13.0 Å². The number of carbonyl (C=O) groups excluding carboxylic acids is 1. The van der Waals surface area contributed by atoms with Gasteiger partial charge in [-0.25, -0.2) is 9.78 Å². The van der Waals surface area contributed by atoms with Gasteiger partial charge in [0.25, 0.3) is 5.56 Å². The molecule has 1 N–H and O–H groups in total. The first-order valence-electron chi connectivity index (χ1n) is 12.7. The van der Waals surface area contributed by atoms with Crippen LogP contribution in [0.2, 0.25) is 10.0 Å². The number of benzene rings is 3. The second kappa shape index (κ2) is 11.3. The van der Waals surface area contributed by atoms with Gasteiger partial charge in [-0.2, -0.15) is 0 Å². The maximum absolute atomic E-state index is 13.6. The van der Waals surface area contributed by atoms with Crippen molar-refractivity contribution in [2.45, 2.75) is 25.8 Å². The van der Waals surface area contributed by atoms with Crippen molar-refractivity contribution in [3.8, 4) is 17.1 Å². The lowest BCUT2D eigenvalue weighted by molar-refractivity contribution is 0.0971. The highest BCUT2D eigenvalue weighted by Crippen LogP contribution is 2.33. The number of fused-ring (bicyclic) bond motifs is 1. The molecule has 0 amide bonds. The third kappa shape index (κ3) is 4.90. The molecule has 1 atom stereocenters. The summed E-state index contributed by atoms with van der Waals surface area (Å²) in [6.45, 7) is 1.79. The Morgan fingerprint density at radius 3 is 2.30 bits per heavy atom. The topological polar surface area (TPSA) is 99.1 Å². The van der Waals surface area contributed by atoms with Gasteiger partial charge in [0.1, 0.15) is 5.82 Å². The Balaban J connectivity index is 1.76. The monoisotopic (exact) mass is 576 g/mol. The van der Waals surface area contributed by atoms with Gasteiger partial charge >= 0.3 is 5.69 Å². The Bertz CT molecular complexity index is 1840. The van der Waals surface area contributed by atoms with Gasteiger partial charge < -0.3 is 5.11 Å². The molecule has 40 heavy (non-hydrogen) atoms. The van der Waals surface area contributed by atoms with Gasteiger partial charge in [0, 0.05) is 41.9 Å². The lowest BCUT2D eigenvalue weighted by atomic mass is 10.0. The molecule has 5 rings (SSSR count). The number of ketones is 1. The summed E-state index contributed by atoms with van der Waals surface area (Å²) in [6.07, 6.45) is 0.645. The van der Waals surface area contributed by atoms with Crippen LogP contribution in [0, 0.1) is 0 Å². The fourth-order valence-corrected chi connectivity index (χ4v) is 5.11. The van der Waals surface area contributed by atoms with Crippen LogP contribution in [0.5, 0.6) is 0 Å². The average Bonchev–Trinajstić information content (AvgIpc) is 3.35. The normalized spacial score (nSPS) is 12.1. The number of nitrogens with zero attached hydrogens (tertiary/aromatic N) is 4. The van der Waals surface area contributed by atoms with Crippen LogP contribution in [-0.4, -0.2) is 36.2 Å². The number of Topliss-reactive ketones (excluding diaryl/α,β-unsaturated/α-hetero) is 1. The van der Waals surface area contributed by atoms with Crippen LogP contribution in [-0.2, 0) is 7.05 Å². The number of halogens is 2. The average molecular weight is 577 g/mol. The van der Waals surface area contributed by atoms with Crippen molar-refractivity contribution in [2.24, 2.45) is 7.05 Å². The SMILES string of the molecule is CC(c1ccc(C(=O)CCCO)cc1)n1c(=O)n(C)c(=O)c2c1nc(-c1ccccc1Cl)n2-c1ccc(Cl)cc1. The zero-order valence-electron chi connectivity index (χ0n) is 21.8. The maximum Gasteiger partial charge on any atom is 0.333 e. The van der Waals surface area contributed by atoms with Crippen molar-refractivity contribution in [2.75, 3.05) is 6.61 Å². The highest BCUT2D eigenvalue weighted by Gasteiger charge is 2.26. The van der Waals surface area contributed by atoms with E-state index in [-0.39, 0.29) is 30.0 Å². The summed E-state index contributed by atoms with van der Waals surface area (Å²) in [5.41, 5.74) is 1.87. The third-order valence-electron chi connectivity index (χ3n) is 6.95. The van der Waals surface area contributed by atoms with E-state index in [2.05, 4.69) is 0 Å². The molecule has 0 aliphatic heterocycles. The van der Waals surface area contributed by atoms with Gasteiger partial charge in [0.2, 0.25) is 0 Å². The molecular weight excluding hydrogens is 551 g/mol. The zero-order chi connectivity index (χ0) is 28.6. The van der Waals surface area contributed by atoms with Gasteiger partial charge in [-0.05, 0) is 55.3 Å². The number of aliphatic hydroxyl groups excluding tert-OH is 1. The number of aliphatic hydroxyl groups is 1.